The number of likely N-dealkylation sites (N-methyl/N-ethyl adjacent to an activating group) is 1. The van der Waals surface area contributed by atoms with E-state index in [1.165, 1.54) is 0 Å². The highest BCUT2D eigenvalue weighted by atomic mass is 32.2. The van der Waals surface area contributed by atoms with E-state index < -0.39 is 0 Å². The molecule has 0 saturated heterocycles. The van der Waals surface area contributed by atoms with Gasteiger partial charge in [-0.1, -0.05) is 6.92 Å². The lowest BCUT2D eigenvalue weighted by Crippen LogP contribution is -2.40. The topological polar surface area (TPSA) is 42.4 Å². The number of thioether (sulfide) groups is 1. The van der Waals surface area contributed by atoms with Gasteiger partial charge in [-0.2, -0.15) is 11.8 Å². The first kappa shape index (κ1) is 13.6. The average Bonchev–Trinajstić information content (AvgIpc) is 2.81. The highest BCUT2D eigenvalue weighted by Crippen LogP contribution is 2.12. The molecule has 0 radical (unpaired) electrons. The smallest absolute Gasteiger partial charge is 0.117 e. The fraction of sp³-hybridized carbons (Fsp3) is 0.667. The van der Waals surface area contributed by atoms with Crippen LogP contribution in [0.25, 0.3) is 0 Å². The van der Waals surface area contributed by atoms with Gasteiger partial charge in [0, 0.05) is 12.6 Å². The van der Waals surface area contributed by atoms with Crippen molar-refractivity contribution >= 4 is 11.8 Å². The molecule has 1 rings (SSSR count). The summed E-state index contributed by atoms with van der Waals surface area (Å²) in [5.41, 5.74) is 5.84. The zero-order valence-electron chi connectivity index (χ0n) is 10.2. The summed E-state index contributed by atoms with van der Waals surface area (Å²) in [6, 6.07) is 4.41. The van der Waals surface area contributed by atoms with Crippen molar-refractivity contribution in [3.05, 3.63) is 24.2 Å². The van der Waals surface area contributed by atoms with Gasteiger partial charge in [0.15, 0.2) is 0 Å². The van der Waals surface area contributed by atoms with Gasteiger partial charge in [0.1, 0.15) is 5.76 Å². The van der Waals surface area contributed by atoms with Crippen LogP contribution in [0.1, 0.15) is 19.1 Å². The van der Waals surface area contributed by atoms with E-state index in [0.717, 1.165) is 37.6 Å². The third-order valence-electron chi connectivity index (χ3n) is 2.79. The average molecular weight is 242 g/mol. The number of furan rings is 1. The maximum absolute atomic E-state index is 5.84. The van der Waals surface area contributed by atoms with Crippen LogP contribution in [-0.2, 0) is 6.54 Å². The van der Waals surface area contributed by atoms with E-state index in [1.54, 1.807) is 6.26 Å². The summed E-state index contributed by atoms with van der Waals surface area (Å²) in [6.45, 7) is 4.76. The number of nitrogens with zero attached hydrogens (tertiary/aromatic N) is 1. The molecule has 4 heteroatoms. The molecule has 0 saturated carbocycles. The zero-order valence-corrected chi connectivity index (χ0v) is 11.0. The van der Waals surface area contributed by atoms with E-state index in [-0.39, 0.29) is 0 Å². The van der Waals surface area contributed by atoms with Gasteiger partial charge in [-0.15, -0.1) is 0 Å². The molecule has 2 N–H and O–H groups in total. The lowest BCUT2D eigenvalue weighted by Gasteiger charge is -2.28. The van der Waals surface area contributed by atoms with E-state index in [2.05, 4.69) is 18.1 Å². The van der Waals surface area contributed by atoms with Gasteiger partial charge in [-0.25, -0.2) is 0 Å². The van der Waals surface area contributed by atoms with Crippen LogP contribution < -0.4 is 5.73 Å². The molecule has 92 valence electrons. The molecule has 0 aromatic carbocycles. The molecule has 3 nitrogen and oxygen atoms in total. The summed E-state index contributed by atoms with van der Waals surface area (Å²) in [5, 5.41) is 0. The van der Waals surface area contributed by atoms with Gasteiger partial charge >= 0.3 is 0 Å². The van der Waals surface area contributed by atoms with Crippen molar-refractivity contribution < 1.29 is 4.42 Å². The van der Waals surface area contributed by atoms with Crippen molar-refractivity contribution in [2.24, 2.45) is 5.73 Å². The quantitative estimate of drug-likeness (QED) is 0.759. The first-order chi connectivity index (χ1) is 7.81. The molecule has 1 heterocycles. The Morgan fingerprint density at radius 2 is 2.38 bits per heavy atom. The van der Waals surface area contributed by atoms with Crippen molar-refractivity contribution in [1.29, 1.82) is 0 Å². The second-order valence-corrected chi connectivity index (χ2v) is 4.80. The van der Waals surface area contributed by atoms with E-state index in [9.17, 15) is 0 Å². The summed E-state index contributed by atoms with van der Waals surface area (Å²) in [5.74, 6) is 2.18. The molecule has 0 amide bonds. The standard InChI is InChI=1S/C12H22N2OS/c1-3-14(10-12-5-4-7-15-12)11(9-13)6-8-16-2/h4-5,7,11H,3,6,8-10,13H2,1-2H3. The third kappa shape index (κ3) is 4.20. The van der Waals surface area contributed by atoms with Gasteiger partial charge < -0.3 is 10.2 Å². The van der Waals surface area contributed by atoms with E-state index >= 15 is 0 Å². The molecule has 1 aromatic heterocycles. The predicted molar refractivity (Wildman–Crippen MR) is 70.6 cm³/mol. The Labute approximate surface area is 102 Å². The first-order valence-electron chi connectivity index (χ1n) is 5.77. The number of hydrogen-bond donors (Lipinski definition) is 1. The maximum Gasteiger partial charge on any atom is 0.117 e. The van der Waals surface area contributed by atoms with Gasteiger partial charge in [-0.05, 0) is 37.1 Å². The molecular weight excluding hydrogens is 220 g/mol. The van der Waals surface area contributed by atoms with Crippen LogP contribution in [0, 0.1) is 0 Å². The molecule has 0 aliphatic carbocycles. The number of hydrogen-bond acceptors (Lipinski definition) is 4. The molecule has 0 fully saturated rings. The summed E-state index contributed by atoms with van der Waals surface area (Å²) in [4.78, 5) is 2.38. The molecule has 1 unspecified atom stereocenters. The van der Waals surface area contributed by atoms with Crippen LogP contribution in [0.5, 0.6) is 0 Å². The zero-order chi connectivity index (χ0) is 11.8. The van der Waals surface area contributed by atoms with Crippen LogP contribution in [0.15, 0.2) is 22.8 Å². The SMILES string of the molecule is CCN(Cc1ccco1)C(CN)CCSC. The summed E-state index contributed by atoms with van der Waals surface area (Å²) < 4.78 is 5.38. The summed E-state index contributed by atoms with van der Waals surface area (Å²) in [6.07, 6.45) is 5.01. The second kappa shape index (κ2) is 7.76. The van der Waals surface area contributed by atoms with Crippen LogP contribution in [-0.4, -0.2) is 36.0 Å². The van der Waals surface area contributed by atoms with Crippen molar-refractivity contribution in [2.75, 3.05) is 25.1 Å². The molecule has 16 heavy (non-hydrogen) atoms. The Balaban J connectivity index is 2.49. The largest absolute Gasteiger partial charge is 0.468 e. The number of nitrogens with two attached hydrogens (primary N) is 1. The van der Waals surface area contributed by atoms with E-state index in [4.69, 9.17) is 10.2 Å². The van der Waals surface area contributed by atoms with Crippen molar-refractivity contribution in [3.63, 3.8) is 0 Å². The normalized spacial score (nSPS) is 13.2. The van der Waals surface area contributed by atoms with Crippen molar-refractivity contribution in [1.82, 2.24) is 4.90 Å². The number of rotatable bonds is 8. The molecule has 0 bridgehead atoms. The molecule has 0 aliphatic heterocycles. The monoisotopic (exact) mass is 242 g/mol. The van der Waals surface area contributed by atoms with Crippen LogP contribution in [0.3, 0.4) is 0 Å². The minimum Gasteiger partial charge on any atom is -0.468 e. The Hall–Kier alpha value is -0.450. The van der Waals surface area contributed by atoms with Crippen LogP contribution in [0.4, 0.5) is 0 Å². The lowest BCUT2D eigenvalue weighted by atomic mass is 10.2. The second-order valence-electron chi connectivity index (χ2n) is 3.81. The minimum absolute atomic E-state index is 0.461. The minimum atomic E-state index is 0.461. The van der Waals surface area contributed by atoms with Crippen LogP contribution in [0.2, 0.25) is 0 Å². The maximum atomic E-state index is 5.84. The Morgan fingerprint density at radius 1 is 1.56 bits per heavy atom. The molecule has 0 spiro atoms. The fourth-order valence-electron chi connectivity index (χ4n) is 1.81. The van der Waals surface area contributed by atoms with E-state index in [0.29, 0.717) is 6.04 Å². The molecular formula is C12H22N2OS. The van der Waals surface area contributed by atoms with Crippen molar-refractivity contribution in [2.45, 2.75) is 25.9 Å². The van der Waals surface area contributed by atoms with Gasteiger partial charge in [0.2, 0.25) is 0 Å². The highest BCUT2D eigenvalue weighted by molar-refractivity contribution is 7.98. The third-order valence-corrected chi connectivity index (χ3v) is 3.43. The molecule has 1 atom stereocenters. The van der Waals surface area contributed by atoms with Crippen LogP contribution >= 0.6 is 11.8 Å². The van der Waals surface area contributed by atoms with Gasteiger partial charge in [-0.3, -0.25) is 4.90 Å². The Kier molecular flexibility index (Phi) is 6.61. The Morgan fingerprint density at radius 3 is 2.88 bits per heavy atom. The van der Waals surface area contributed by atoms with Gasteiger partial charge in [0.25, 0.3) is 0 Å². The summed E-state index contributed by atoms with van der Waals surface area (Å²) >= 11 is 1.88. The summed E-state index contributed by atoms with van der Waals surface area (Å²) in [7, 11) is 0. The van der Waals surface area contributed by atoms with Crippen molar-refractivity contribution in [3.8, 4) is 0 Å². The highest BCUT2D eigenvalue weighted by Gasteiger charge is 2.16. The van der Waals surface area contributed by atoms with Gasteiger partial charge in [0.05, 0.1) is 12.8 Å². The van der Waals surface area contributed by atoms with E-state index in [1.807, 2.05) is 23.9 Å². The molecule has 0 aliphatic rings. The first-order valence-corrected chi connectivity index (χ1v) is 7.16. The fourth-order valence-corrected chi connectivity index (χ4v) is 2.31. The predicted octanol–water partition coefficient (Wildman–Crippen LogP) is 2.18. The lowest BCUT2D eigenvalue weighted by molar-refractivity contribution is 0.183. The molecule has 1 aromatic rings. The Bertz CT molecular complexity index is 264.